The zero-order valence-corrected chi connectivity index (χ0v) is 9.27. The van der Waals surface area contributed by atoms with Gasteiger partial charge in [0, 0.05) is 12.3 Å². The standard InChI is InChI=1S/C12H17NO2/c1-9-5-6-13(12(14)7-9)8-11-4-3-10(2)15-11/h5-7,10-11H,3-4,8H2,1-2H3. The fraction of sp³-hybridized carbons (Fsp3) is 0.583. The molecule has 0 spiro atoms. The second kappa shape index (κ2) is 4.19. The molecule has 15 heavy (non-hydrogen) atoms. The molecule has 3 heteroatoms. The Hall–Kier alpha value is -1.09. The Morgan fingerprint density at radius 2 is 2.33 bits per heavy atom. The molecule has 0 N–H and O–H groups in total. The lowest BCUT2D eigenvalue weighted by Gasteiger charge is -2.12. The van der Waals surface area contributed by atoms with E-state index in [1.54, 1.807) is 10.6 Å². The summed E-state index contributed by atoms with van der Waals surface area (Å²) in [7, 11) is 0. The minimum atomic E-state index is 0.0677. The average Bonchev–Trinajstić information content (AvgIpc) is 2.56. The van der Waals surface area contributed by atoms with E-state index in [4.69, 9.17) is 4.74 Å². The molecule has 1 saturated heterocycles. The first kappa shape index (κ1) is 10.4. The maximum atomic E-state index is 11.6. The van der Waals surface area contributed by atoms with Crippen LogP contribution in [0.15, 0.2) is 23.1 Å². The number of aryl methyl sites for hydroxylation is 1. The van der Waals surface area contributed by atoms with Crippen LogP contribution in [0, 0.1) is 6.92 Å². The Bertz CT molecular complexity index is 397. The van der Waals surface area contributed by atoms with E-state index in [1.807, 2.05) is 19.2 Å². The summed E-state index contributed by atoms with van der Waals surface area (Å²) in [6.45, 7) is 4.70. The highest BCUT2D eigenvalue weighted by Crippen LogP contribution is 2.19. The van der Waals surface area contributed by atoms with Crippen LogP contribution in [0.1, 0.15) is 25.3 Å². The molecule has 1 aromatic rings. The molecule has 0 radical (unpaired) electrons. The lowest BCUT2D eigenvalue weighted by atomic mass is 10.2. The van der Waals surface area contributed by atoms with Crippen molar-refractivity contribution in [2.75, 3.05) is 0 Å². The Balaban J connectivity index is 2.08. The first-order chi connectivity index (χ1) is 7.15. The van der Waals surface area contributed by atoms with Gasteiger partial charge < -0.3 is 9.30 Å². The van der Waals surface area contributed by atoms with E-state index in [2.05, 4.69) is 6.92 Å². The lowest BCUT2D eigenvalue weighted by molar-refractivity contribution is 0.0452. The van der Waals surface area contributed by atoms with Gasteiger partial charge in [-0.1, -0.05) is 0 Å². The summed E-state index contributed by atoms with van der Waals surface area (Å²) in [6.07, 6.45) is 4.56. The van der Waals surface area contributed by atoms with Gasteiger partial charge in [0.15, 0.2) is 0 Å². The van der Waals surface area contributed by atoms with Crippen molar-refractivity contribution in [1.29, 1.82) is 0 Å². The fourth-order valence-electron chi connectivity index (χ4n) is 2.00. The molecule has 2 atom stereocenters. The zero-order chi connectivity index (χ0) is 10.8. The molecule has 0 aromatic carbocycles. The van der Waals surface area contributed by atoms with Crippen LogP contribution in [0.3, 0.4) is 0 Å². The van der Waals surface area contributed by atoms with E-state index in [9.17, 15) is 4.79 Å². The van der Waals surface area contributed by atoms with E-state index in [0.717, 1.165) is 18.4 Å². The van der Waals surface area contributed by atoms with Gasteiger partial charge in [0.05, 0.1) is 18.8 Å². The van der Waals surface area contributed by atoms with E-state index < -0.39 is 0 Å². The molecule has 0 saturated carbocycles. The topological polar surface area (TPSA) is 31.2 Å². The van der Waals surface area contributed by atoms with Crippen LogP contribution in [-0.2, 0) is 11.3 Å². The summed E-state index contributed by atoms with van der Waals surface area (Å²) in [5.41, 5.74) is 1.08. The molecule has 3 nitrogen and oxygen atoms in total. The predicted molar refractivity (Wildman–Crippen MR) is 59.0 cm³/mol. The van der Waals surface area contributed by atoms with Crippen LogP contribution >= 0.6 is 0 Å². The quantitative estimate of drug-likeness (QED) is 0.739. The van der Waals surface area contributed by atoms with Crippen molar-refractivity contribution in [3.05, 3.63) is 34.2 Å². The molecule has 2 heterocycles. The summed E-state index contributed by atoms with van der Waals surface area (Å²) in [6, 6.07) is 3.62. The Morgan fingerprint density at radius 1 is 1.53 bits per heavy atom. The number of rotatable bonds is 2. The van der Waals surface area contributed by atoms with Crippen LogP contribution in [0.5, 0.6) is 0 Å². The number of aromatic nitrogens is 1. The zero-order valence-electron chi connectivity index (χ0n) is 9.27. The normalized spacial score (nSPS) is 25.7. The third-order valence-corrected chi connectivity index (χ3v) is 2.87. The highest BCUT2D eigenvalue weighted by atomic mass is 16.5. The van der Waals surface area contributed by atoms with Crippen molar-refractivity contribution in [2.24, 2.45) is 0 Å². The van der Waals surface area contributed by atoms with Gasteiger partial charge in [-0.05, 0) is 38.3 Å². The van der Waals surface area contributed by atoms with Gasteiger partial charge in [-0.15, -0.1) is 0 Å². The molecule has 2 unspecified atom stereocenters. The summed E-state index contributed by atoms with van der Waals surface area (Å²) < 4.78 is 7.42. The van der Waals surface area contributed by atoms with Crippen LogP contribution < -0.4 is 5.56 Å². The second-order valence-electron chi connectivity index (χ2n) is 4.34. The van der Waals surface area contributed by atoms with Gasteiger partial charge in [0.25, 0.3) is 5.56 Å². The molecule has 1 fully saturated rings. The van der Waals surface area contributed by atoms with Crippen molar-refractivity contribution >= 4 is 0 Å². The molecule has 82 valence electrons. The summed E-state index contributed by atoms with van der Waals surface area (Å²) in [5, 5.41) is 0. The fourth-order valence-corrected chi connectivity index (χ4v) is 2.00. The molecular weight excluding hydrogens is 190 g/mol. The molecule has 2 rings (SSSR count). The first-order valence-electron chi connectivity index (χ1n) is 5.48. The molecule has 1 aliphatic rings. The first-order valence-corrected chi connectivity index (χ1v) is 5.48. The van der Waals surface area contributed by atoms with Crippen molar-refractivity contribution < 1.29 is 4.74 Å². The van der Waals surface area contributed by atoms with Gasteiger partial charge in [0.2, 0.25) is 0 Å². The van der Waals surface area contributed by atoms with Crippen LogP contribution in [0.4, 0.5) is 0 Å². The van der Waals surface area contributed by atoms with Gasteiger partial charge in [-0.3, -0.25) is 4.79 Å². The summed E-state index contributed by atoms with van der Waals surface area (Å²) >= 11 is 0. The predicted octanol–water partition coefficient (Wildman–Crippen LogP) is 1.72. The average molecular weight is 207 g/mol. The van der Waals surface area contributed by atoms with Crippen molar-refractivity contribution in [3.8, 4) is 0 Å². The molecule has 0 amide bonds. The van der Waals surface area contributed by atoms with Crippen LogP contribution in [-0.4, -0.2) is 16.8 Å². The lowest BCUT2D eigenvalue weighted by Crippen LogP contribution is -2.25. The largest absolute Gasteiger partial charge is 0.373 e. The number of nitrogens with zero attached hydrogens (tertiary/aromatic N) is 1. The van der Waals surface area contributed by atoms with Crippen molar-refractivity contribution in [3.63, 3.8) is 0 Å². The van der Waals surface area contributed by atoms with E-state index in [-0.39, 0.29) is 11.7 Å². The van der Waals surface area contributed by atoms with Crippen LogP contribution in [0.25, 0.3) is 0 Å². The Kier molecular flexibility index (Phi) is 2.91. The van der Waals surface area contributed by atoms with E-state index in [0.29, 0.717) is 12.6 Å². The minimum absolute atomic E-state index is 0.0677. The number of pyridine rings is 1. The molecule has 1 aromatic heterocycles. The highest BCUT2D eigenvalue weighted by molar-refractivity contribution is 5.08. The number of ether oxygens (including phenoxy) is 1. The molecule has 0 aliphatic carbocycles. The third kappa shape index (κ3) is 2.48. The minimum Gasteiger partial charge on any atom is -0.373 e. The third-order valence-electron chi connectivity index (χ3n) is 2.87. The molecule has 0 bridgehead atoms. The van der Waals surface area contributed by atoms with Gasteiger partial charge in [-0.25, -0.2) is 0 Å². The smallest absolute Gasteiger partial charge is 0.250 e. The maximum absolute atomic E-state index is 11.6. The Morgan fingerprint density at radius 3 is 2.93 bits per heavy atom. The maximum Gasteiger partial charge on any atom is 0.250 e. The van der Waals surface area contributed by atoms with Gasteiger partial charge in [-0.2, -0.15) is 0 Å². The van der Waals surface area contributed by atoms with Crippen molar-refractivity contribution in [1.82, 2.24) is 4.57 Å². The highest BCUT2D eigenvalue weighted by Gasteiger charge is 2.21. The monoisotopic (exact) mass is 207 g/mol. The summed E-state index contributed by atoms with van der Waals surface area (Å²) in [5.74, 6) is 0. The second-order valence-corrected chi connectivity index (χ2v) is 4.34. The van der Waals surface area contributed by atoms with Crippen LogP contribution in [0.2, 0.25) is 0 Å². The summed E-state index contributed by atoms with van der Waals surface area (Å²) in [4.78, 5) is 11.6. The Labute approximate surface area is 89.7 Å². The molecule has 1 aliphatic heterocycles. The SMILES string of the molecule is Cc1ccn(CC2CCC(C)O2)c(=O)c1. The number of hydrogen-bond donors (Lipinski definition) is 0. The number of hydrogen-bond acceptors (Lipinski definition) is 2. The van der Waals surface area contributed by atoms with Gasteiger partial charge in [0.1, 0.15) is 0 Å². The van der Waals surface area contributed by atoms with Gasteiger partial charge >= 0.3 is 0 Å². The van der Waals surface area contributed by atoms with E-state index in [1.165, 1.54) is 0 Å². The molecular formula is C12H17NO2. The van der Waals surface area contributed by atoms with E-state index >= 15 is 0 Å². The van der Waals surface area contributed by atoms with Crippen molar-refractivity contribution in [2.45, 2.75) is 45.4 Å².